The highest BCUT2D eigenvalue weighted by atomic mass is 32.1. The number of nitrogens with one attached hydrogen (secondary N) is 1. The second kappa shape index (κ2) is 7.25. The highest BCUT2D eigenvalue weighted by Gasteiger charge is 2.34. The maximum absolute atomic E-state index is 12.9. The number of hydrogen-bond acceptors (Lipinski definition) is 6. The number of carbonyl (C=O) groups is 1. The van der Waals surface area contributed by atoms with E-state index in [0.29, 0.717) is 0 Å². The summed E-state index contributed by atoms with van der Waals surface area (Å²) in [6, 6.07) is 9.43. The van der Waals surface area contributed by atoms with Crippen molar-refractivity contribution in [3.05, 3.63) is 53.0 Å². The van der Waals surface area contributed by atoms with Crippen LogP contribution in [-0.2, 0) is 10.4 Å². The van der Waals surface area contributed by atoms with Crippen LogP contribution in [0.1, 0.15) is 25.3 Å². The lowest BCUT2D eigenvalue weighted by Gasteiger charge is -2.28. The lowest BCUT2D eigenvalue weighted by molar-refractivity contribution is -0.123. The number of aromatic nitrogens is 2. The van der Waals surface area contributed by atoms with Gasteiger partial charge in [0, 0.05) is 11.9 Å². The molecular weight excluding hydrogens is 360 g/mol. The molecule has 1 aromatic carbocycles. The fourth-order valence-electron chi connectivity index (χ4n) is 3.56. The number of benzene rings is 1. The predicted octanol–water partition coefficient (Wildman–Crippen LogP) is 2.68. The van der Waals surface area contributed by atoms with E-state index in [1.807, 2.05) is 41.1 Å². The van der Waals surface area contributed by atoms with E-state index in [4.69, 9.17) is 0 Å². The van der Waals surface area contributed by atoms with E-state index in [0.717, 1.165) is 41.7 Å². The summed E-state index contributed by atoms with van der Waals surface area (Å²) in [6.07, 6.45) is 3.24. The van der Waals surface area contributed by atoms with Crippen molar-refractivity contribution in [1.29, 1.82) is 0 Å². The van der Waals surface area contributed by atoms with E-state index in [-0.39, 0.29) is 18.5 Å². The van der Waals surface area contributed by atoms with Gasteiger partial charge in [-0.25, -0.2) is 9.97 Å². The molecular formula is C20H22N4O2S. The van der Waals surface area contributed by atoms with E-state index in [1.165, 1.54) is 11.3 Å². The Labute approximate surface area is 161 Å². The number of thiophene rings is 1. The fourth-order valence-corrected chi connectivity index (χ4v) is 4.35. The first-order chi connectivity index (χ1) is 13.1. The number of aliphatic hydroxyl groups is 1. The van der Waals surface area contributed by atoms with Crippen LogP contribution in [0.25, 0.3) is 10.9 Å². The molecule has 1 aliphatic rings. The van der Waals surface area contributed by atoms with Crippen molar-refractivity contribution in [3.8, 4) is 0 Å². The molecule has 0 bridgehead atoms. The summed E-state index contributed by atoms with van der Waals surface area (Å²) in [5.74, 6) is 0.716. The molecule has 2 atom stereocenters. The normalized spacial score (nSPS) is 19.2. The van der Waals surface area contributed by atoms with Gasteiger partial charge in [-0.1, -0.05) is 12.1 Å². The van der Waals surface area contributed by atoms with Gasteiger partial charge >= 0.3 is 0 Å². The summed E-state index contributed by atoms with van der Waals surface area (Å²) in [7, 11) is 0. The van der Waals surface area contributed by atoms with E-state index < -0.39 is 5.60 Å². The van der Waals surface area contributed by atoms with Crippen LogP contribution in [0.4, 0.5) is 5.82 Å². The Kier molecular flexibility index (Phi) is 4.80. The molecule has 1 amide bonds. The molecule has 2 unspecified atom stereocenters. The van der Waals surface area contributed by atoms with Gasteiger partial charge in [-0.3, -0.25) is 4.79 Å². The second-order valence-electron chi connectivity index (χ2n) is 7.07. The summed E-state index contributed by atoms with van der Waals surface area (Å²) in [6.45, 7) is 2.68. The molecule has 3 heterocycles. The zero-order chi connectivity index (χ0) is 18.9. The second-order valence-corrected chi connectivity index (χ2v) is 7.85. The van der Waals surface area contributed by atoms with Crippen molar-refractivity contribution >= 4 is 34.0 Å². The summed E-state index contributed by atoms with van der Waals surface area (Å²) in [5, 5.41) is 18.4. The number of hydrogen-bond donors (Lipinski definition) is 2. The highest BCUT2D eigenvalue weighted by molar-refractivity contribution is 7.08. The van der Waals surface area contributed by atoms with Crippen LogP contribution < -0.4 is 10.2 Å². The first-order valence-electron chi connectivity index (χ1n) is 9.05. The lowest BCUT2D eigenvalue weighted by Crippen LogP contribution is -2.47. The van der Waals surface area contributed by atoms with Gasteiger partial charge in [0.15, 0.2) is 0 Å². The Morgan fingerprint density at radius 2 is 2.22 bits per heavy atom. The number of amides is 1. The molecule has 27 heavy (non-hydrogen) atoms. The zero-order valence-electron chi connectivity index (χ0n) is 15.1. The van der Waals surface area contributed by atoms with Crippen LogP contribution in [0.5, 0.6) is 0 Å². The van der Waals surface area contributed by atoms with Gasteiger partial charge in [0.25, 0.3) is 0 Å². The molecule has 1 saturated heterocycles. The van der Waals surface area contributed by atoms with E-state index in [2.05, 4.69) is 20.2 Å². The molecule has 3 aromatic rings. The molecule has 4 rings (SSSR count). The maximum atomic E-state index is 12.9. The third-order valence-corrected chi connectivity index (χ3v) is 5.78. The number of para-hydroxylation sites is 1. The number of rotatable bonds is 5. The third-order valence-electron chi connectivity index (χ3n) is 5.10. The molecule has 1 fully saturated rings. The molecule has 0 radical (unpaired) electrons. The molecule has 0 aliphatic carbocycles. The van der Waals surface area contributed by atoms with Crippen molar-refractivity contribution in [2.45, 2.75) is 31.4 Å². The van der Waals surface area contributed by atoms with E-state index in [9.17, 15) is 9.90 Å². The first-order valence-corrected chi connectivity index (χ1v) is 10.00. The fraction of sp³-hybridized carbons (Fsp3) is 0.350. The predicted molar refractivity (Wildman–Crippen MR) is 107 cm³/mol. The molecule has 0 saturated carbocycles. The maximum Gasteiger partial charge on any atom is 0.242 e. The van der Waals surface area contributed by atoms with Crippen LogP contribution in [-0.4, -0.2) is 40.1 Å². The molecule has 1 aliphatic heterocycles. The Bertz CT molecular complexity index is 937. The van der Waals surface area contributed by atoms with Crippen molar-refractivity contribution in [3.63, 3.8) is 0 Å². The van der Waals surface area contributed by atoms with E-state index in [1.54, 1.807) is 13.3 Å². The average molecular weight is 382 g/mol. The van der Waals surface area contributed by atoms with Gasteiger partial charge in [-0.05, 0) is 54.3 Å². The van der Waals surface area contributed by atoms with Gasteiger partial charge < -0.3 is 15.3 Å². The van der Waals surface area contributed by atoms with Crippen LogP contribution in [0, 0.1) is 0 Å². The minimum atomic E-state index is -1.08. The molecule has 7 heteroatoms. The highest BCUT2D eigenvalue weighted by Crippen LogP contribution is 2.29. The summed E-state index contributed by atoms with van der Waals surface area (Å²) in [5.41, 5.74) is 0.604. The summed E-state index contributed by atoms with van der Waals surface area (Å²) < 4.78 is 0. The van der Waals surface area contributed by atoms with Gasteiger partial charge in [-0.15, -0.1) is 0 Å². The van der Waals surface area contributed by atoms with Crippen LogP contribution in [0.15, 0.2) is 47.4 Å². The number of carbonyl (C=O) groups excluding carboxylic acids is 1. The van der Waals surface area contributed by atoms with Gasteiger partial charge in [0.2, 0.25) is 5.91 Å². The average Bonchev–Trinajstić information content (AvgIpc) is 3.38. The molecule has 0 spiro atoms. The number of fused-ring (bicyclic) bond motifs is 1. The molecule has 2 N–H and O–H groups in total. The number of anilines is 1. The molecule has 6 nitrogen and oxygen atoms in total. The Hall–Kier alpha value is -2.51. The van der Waals surface area contributed by atoms with Crippen LogP contribution in [0.3, 0.4) is 0 Å². The first kappa shape index (κ1) is 17.9. The summed E-state index contributed by atoms with van der Waals surface area (Å²) >= 11 is 1.53. The minimum Gasteiger partial charge on any atom is -0.384 e. The van der Waals surface area contributed by atoms with Gasteiger partial charge in [-0.2, -0.15) is 11.3 Å². The van der Waals surface area contributed by atoms with Crippen molar-refractivity contribution < 1.29 is 9.90 Å². The van der Waals surface area contributed by atoms with Crippen LogP contribution in [0.2, 0.25) is 0 Å². The molecule has 140 valence electrons. The quantitative estimate of drug-likeness (QED) is 0.709. The lowest BCUT2D eigenvalue weighted by atomic mass is 9.99. The minimum absolute atomic E-state index is 0.0781. The number of nitrogens with zero attached hydrogens (tertiary/aromatic N) is 3. The van der Waals surface area contributed by atoms with E-state index >= 15 is 0 Å². The van der Waals surface area contributed by atoms with Gasteiger partial charge in [0.1, 0.15) is 23.8 Å². The van der Waals surface area contributed by atoms with Crippen molar-refractivity contribution in [2.24, 2.45) is 0 Å². The Morgan fingerprint density at radius 1 is 1.37 bits per heavy atom. The monoisotopic (exact) mass is 382 g/mol. The zero-order valence-corrected chi connectivity index (χ0v) is 15.9. The Morgan fingerprint density at radius 3 is 3.04 bits per heavy atom. The largest absolute Gasteiger partial charge is 0.384 e. The standard InChI is InChI=1S/C20H22N4O2S/c1-20(26,14-8-10-27-11-14)12-21-19(25)17-7-4-9-24(17)18-15-5-2-3-6-16(15)22-13-23-18/h2-3,5-6,8,10-11,13,17,26H,4,7,9,12H2,1H3,(H,21,25). The van der Waals surface area contributed by atoms with Gasteiger partial charge in [0.05, 0.1) is 12.1 Å². The van der Waals surface area contributed by atoms with Crippen molar-refractivity contribution in [2.75, 3.05) is 18.0 Å². The SMILES string of the molecule is CC(O)(CNC(=O)C1CCCN1c1ncnc2ccccc12)c1ccsc1. The van der Waals surface area contributed by atoms with Crippen molar-refractivity contribution in [1.82, 2.24) is 15.3 Å². The Balaban J connectivity index is 1.52. The smallest absolute Gasteiger partial charge is 0.242 e. The summed E-state index contributed by atoms with van der Waals surface area (Å²) in [4.78, 5) is 23.7. The topological polar surface area (TPSA) is 78.4 Å². The molecule has 2 aromatic heterocycles. The van der Waals surface area contributed by atoms with Crippen LogP contribution >= 0.6 is 11.3 Å². The third kappa shape index (κ3) is 3.52.